The Bertz CT molecular complexity index is 1400. The molecule has 1 heterocycles. The number of hydrogen-bond acceptors (Lipinski definition) is 5. The molecule has 0 saturated heterocycles. The molecular weight excluding hydrogens is 438 g/mol. The number of methoxy groups -OCH3 is 1. The van der Waals surface area contributed by atoms with Crippen molar-refractivity contribution in [3.63, 3.8) is 0 Å². The van der Waals surface area contributed by atoms with E-state index in [0.717, 1.165) is 9.87 Å². The van der Waals surface area contributed by atoms with Crippen LogP contribution in [0.5, 0.6) is 5.75 Å². The molecule has 0 unspecified atom stereocenters. The summed E-state index contributed by atoms with van der Waals surface area (Å²) in [4.78, 5) is 17.1. The number of amides is 1. The summed E-state index contributed by atoms with van der Waals surface area (Å²) < 4.78 is 34.0. The summed E-state index contributed by atoms with van der Waals surface area (Å²) in [7, 11) is -2.56. The first kappa shape index (κ1) is 22.3. The van der Waals surface area contributed by atoms with Crippen LogP contribution >= 0.6 is 0 Å². The molecule has 0 saturated carbocycles. The highest BCUT2D eigenvalue weighted by Gasteiger charge is 2.29. The summed E-state index contributed by atoms with van der Waals surface area (Å²) in [6.45, 7) is 1.47. The van der Waals surface area contributed by atoms with E-state index in [4.69, 9.17) is 4.74 Å². The van der Waals surface area contributed by atoms with Crippen LogP contribution in [0.3, 0.4) is 0 Å². The number of carbonyl (C=O) groups is 1. The van der Waals surface area contributed by atoms with Gasteiger partial charge >= 0.3 is 0 Å². The number of sulfonamides is 1. The van der Waals surface area contributed by atoms with E-state index in [2.05, 4.69) is 10.3 Å². The Balaban J connectivity index is 1.76. The molecule has 168 valence electrons. The number of aromatic nitrogens is 1. The second kappa shape index (κ2) is 9.30. The lowest BCUT2D eigenvalue weighted by Gasteiger charge is -2.25. The fourth-order valence-electron chi connectivity index (χ4n) is 3.53. The van der Waals surface area contributed by atoms with Gasteiger partial charge in [0.15, 0.2) is 0 Å². The largest absolute Gasteiger partial charge is 0.497 e. The minimum Gasteiger partial charge on any atom is -0.497 e. The van der Waals surface area contributed by atoms with Gasteiger partial charge in [-0.2, -0.15) is 0 Å². The highest BCUT2D eigenvalue weighted by molar-refractivity contribution is 7.93. The SMILES string of the molecule is COc1ccc(N(CC(=O)Nc2ccccc2C)S(=O)(=O)c2cccc3cnccc23)cc1. The van der Waals surface area contributed by atoms with Gasteiger partial charge < -0.3 is 10.1 Å². The monoisotopic (exact) mass is 461 g/mol. The van der Waals surface area contributed by atoms with E-state index < -0.39 is 22.5 Å². The van der Waals surface area contributed by atoms with Crippen molar-refractivity contribution in [1.82, 2.24) is 4.98 Å². The molecule has 7 nitrogen and oxygen atoms in total. The molecule has 1 N–H and O–H groups in total. The molecule has 1 amide bonds. The number of fused-ring (bicyclic) bond motifs is 1. The van der Waals surface area contributed by atoms with Gasteiger partial charge in [-0.15, -0.1) is 0 Å². The number of ether oxygens (including phenoxy) is 1. The Morgan fingerprint density at radius 1 is 1.00 bits per heavy atom. The molecule has 0 radical (unpaired) electrons. The van der Waals surface area contributed by atoms with Crippen molar-refractivity contribution >= 4 is 38.1 Å². The van der Waals surface area contributed by atoms with E-state index >= 15 is 0 Å². The number of hydrogen-bond donors (Lipinski definition) is 1. The predicted molar refractivity (Wildman–Crippen MR) is 129 cm³/mol. The Kier molecular flexibility index (Phi) is 6.28. The maximum atomic E-state index is 13.9. The van der Waals surface area contributed by atoms with Crippen LogP contribution in [0.1, 0.15) is 5.56 Å². The summed E-state index contributed by atoms with van der Waals surface area (Å²) in [5, 5.41) is 4.04. The van der Waals surface area contributed by atoms with Crippen LogP contribution in [-0.4, -0.2) is 33.0 Å². The van der Waals surface area contributed by atoms with Gasteiger partial charge in [0.1, 0.15) is 12.3 Å². The van der Waals surface area contributed by atoms with Crippen LogP contribution in [0, 0.1) is 6.92 Å². The predicted octanol–water partition coefficient (Wildman–Crippen LogP) is 4.39. The van der Waals surface area contributed by atoms with E-state index in [1.54, 1.807) is 60.9 Å². The topological polar surface area (TPSA) is 88.6 Å². The van der Waals surface area contributed by atoms with Crippen LogP contribution in [-0.2, 0) is 14.8 Å². The van der Waals surface area contributed by atoms with Gasteiger partial charge in [-0.1, -0.05) is 30.3 Å². The molecule has 3 aromatic carbocycles. The van der Waals surface area contributed by atoms with E-state index in [-0.39, 0.29) is 4.90 Å². The number of nitrogens with zero attached hydrogens (tertiary/aromatic N) is 2. The number of rotatable bonds is 7. The summed E-state index contributed by atoms with van der Waals surface area (Å²) in [5.41, 5.74) is 1.86. The smallest absolute Gasteiger partial charge is 0.265 e. The van der Waals surface area contributed by atoms with E-state index in [0.29, 0.717) is 27.9 Å². The molecule has 4 rings (SSSR count). The number of pyridine rings is 1. The number of carbonyl (C=O) groups excluding carboxylic acids is 1. The van der Waals surface area contributed by atoms with Gasteiger partial charge in [0.05, 0.1) is 17.7 Å². The Labute approximate surface area is 192 Å². The Morgan fingerprint density at radius 3 is 2.48 bits per heavy atom. The third kappa shape index (κ3) is 4.65. The second-order valence-corrected chi connectivity index (χ2v) is 9.26. The van der Waals surface area contributed by atoms with Crippen molar-refractivity contribution in [1.29, 1.82) is 0 Å². The number of aryl methyl sites for hydroxylation is 1. The molecule has 0 aliphatic carbocycles. The second-order valence-electron chi connectivity index (χ2n) is 7.43. The van der Waals surface area contributed by atoms with Crippen LogP contribution in [0.25, 0.3) is 10.8 Å². The molecule has 4 aromatic rings. The Morgan fingerprint density at radius 2 is 1.76 bits per heavy atom. The van der Waals surface area contributed by atoms with Gasteiger partial charge in [0.2, 0.25) is 5.91 Å². The number of nitrogens with one attached hydrogen (secondary N) is 1. The fourth-order valence-corrected chi connectivity index (χ4v) is 5.17. The van der Waals surface area contributed by atoms with E-state index in [1.165, 1.54) is 13.2 Å². The average Bonchev–Trinajstić information content (AvgIpc) is 2.83. The molecule has 33 heavy (non-hydrogen) atoms. The maximum absolute atomic E-state index is 13.9. The summed E-state index contributed by atoms with van der Waals surface area (Å²) in [6.07, 6.45) is 3.15. The minimum absolute atomic E-state index is 0.0990. The molecule has 8 heteroatoms. The highest BCUT2D eigenvalue weighted by atomic mass is 32.2. The zero-order valence-electron chi connectivity index (χ0n) is 18.2. The molecule has 1 aromatic heterocycles. The molecule has 0 spiro atoms. The zero-order chi connectivity index (χ0) is 23.4. The first-order valence-electron chi connectivity index (χ1n) is 10.2. The quantitative estimate of drug-likeness (QED) is 0.441. The van der Waals surface area contributed by atoms with Crippen molar-refractivity contribution in [2.45, 2.75) is 11.8 Å². The molecular formula is C25H23N3O4S. The van der Waals surface area contributed by atoms with Gasteiger partial charge in [-0.3, -0.25) is 14.1 Å². The molecule has 0 atom stereocenters. The molecule has 0 fully saturated rings. The summed E-state index contributed by atoms with van der Waals surface area (Å²) >= 11 is 0. The van der Waals surface area contributed by atoms with Crippen molar-refractivity contribution in [2.75, 3.05) is 23.3 Å². The fraction of sp³-hybridized carbons (Fsp3) is 0.120. The van der Waals surface area contributed by atoms with Gasteiger partial charge in [0.25, 0.3) is 10.0 Å². The molecule has 0 aliphatic rings. The van der Waals surface area contributed by atoms with Gasteiger partial charge in [0, 0.05) is 28.9 Å². The zero-order valence-corrected chi connectivity index (χ0v) is 19.0. The number of para-hydroxylation sites is 1. The van der Waals surface area contributed by atoms with E-state index in [9.17, 15) is 13.2 Å². The van der Waals surface area contributed by atoms with Crippen LogP contribution < -0.4 is 14.4 Å². The molecule has 0 aliphatic heterocycles. The maximum Gasteiger partial charge on any atom is 0.265 e. The van der Waals surface area contributed by atoms with Gasteiger partial charge in [-0.25, -0.2) is 8.42 Å². The lowest BCUT2D eigenvalue weighted by atomic mass is 10.2. The van der Waals surface area contributed by atoms with E-state index in [1.807, 2.05) is 25.1 Å². The summed E-state index contributed by atoms with van der Waals surface area (Å²) in [5.74, 6) is 0.127. The van der Waals surface area contributed by atoms with Crippen molar-refractivity contribution < 1.29 is 17.9 Å². The number of benzene rings is 3. The summed E-state index contributed by atoms with van der Waals surface area (Å²) in [6, 6.07) is 20.5. The highest BCUT2D eigenvalue weighted by Crippen LogP contribution is 2.30. The van der Waals surface area contributed by atoms with Crippen LogP contribution in [0.4, 0.5) is 11.4 Å². The van der Waals surface area contributed by atoms with Crippen molar-refractivity contribution in [3.05, 3.63) is 90.8 Å². The lowest BCUT2D eigenvalue weighted by molar-refractivity contribution is -0.114. The normalized spacial score (nSPS) is 11.2. The third-order valence-corrected chi connectivity index (χ3v) is 7.11. The van der Waals surface area contributed by atoms with Crippen LogP contribution in [0.2, 0.25) is 0 Å². The van der Waals surface area contributed by atoms with Crippen molar-refractivity contribution in [3.8, 4) is 5.75 Å². The van der Waals surface area contributed by atoms with Crippen molar-refractivity contribution in [2.24, 2.45) is 0 Å². The Hall–Kier alpha value is -3.91. The first-order chi connectivity index (χ1) is 15.9. The third-order valence-electron chi connectivity index (χ3n) is 5.28. The lowest BCUT2D eigenvalue weighted by Crippen LogP contribution is -2.38. The molecule has 0 bridgehead atoms. The minimum atomic E-state index is -4.09. The average molecular weight is 462 g/mol. The van der Waals surface area contributed by atoms with Gasteiger partial charge in [-0.05, 0) is 55.0 Å². The first-order valence-corrected chi connectivity index (χ1v) is 11.7. The van der Waals surface area contributed by atoms with Crippen LogP contribution in [0.15, 0.2) is 90.1 Å². The number of anilines is 2. The standard InChI is InChI=1S/C25H23N3O4S/c1-18-6-3-4-8-23(18)27-25(29)17-28(20-10-12-21(32-2)13-11-20)33(30,31)24-9-5-7-19-16-26-15-14-22(19)24/h3-16H,17H2,1-2H3,(H,27,29).